The minimum absolute atomic E-state index is 0.119. The summed E-state index contributed by atoms with van der Waals surface area (Å²) in [6.45, 7) is 2.91. The number of aryl methyl sites for hydroxylation is 1. The fourth-order valence-corrected chi connectivity index (χ4v) is 8.68. The molecule has 1 unspecified atom stereocenters. The van der Waals surface area contributed by atoms with Crippen molar-refractivity contribution in [1.29, 1.82) is 0 Å². The summed E-state index contributed by atoms with van der Waals surface area (Å²) in [5.41, 5.74) is 2.23. The molecule has 12 heteroatoms. The summed E-state index contributed by atoms with van der Waals surface area (Å²) in [6, 6.07) is 16.9. The van der Waals surface area contributed by atoms with E-state index in [4.69, 9.17) is 42.1 Å². The van der Waals surface area contributed by atoms with Gasteiger partial charge in [-0.25, -0.2) is 9.59 Å². The Morgan fingerprint density at radius 3 is 2.49 bits per heavy atom. The summed E-state index contributed by atoms with van der Waals surface area (Å²) in [5.74, 6) is 0.618. The molecule has 0 radical (unpaired) electrons. The molecule has 1 N–H and O–H groups in total. The van der Waals surface area contributed by atoms with E-state index in [1.165, 1.54) is 23.7 Å². The van der Waals surface area contributed by atoms with E-state index in [2.05, 4.69) is 21.3 Å². The van der Waals surface area contributed by atoms with E-state index in [-0.39, 0.29) is 18.5 Å². The van der Waals surface area contributed by atoms with Gasteiger partial charge in [0.1, 0.15) is 17.1 Å². The number of pyridine rings is 1. The van der Waals surface area contributed by atoms with E-state index < -0.39 is 17.6 Å². The normalized spacial score (nSPS) is 23.0. The Morgan fingerprint density at radius 1 is 1.02 bits per heavy atom. The first kappa shape index (κ1) is 33.7. The lowest BCUT2D eigenvalue weighted by molar-refractivity contribution is -0.164. The number of benzene rings is 2. The fourth-order valence-electron chi connectivity index (χ4n) is 7.30. The van der Waals surface area contributed by atoms with Crippen molar-refractivity contribution in [3.63, 3.8) is 0 Å². The fraction of sp³-hybridized carbons (Fsp3) is 0.378. The lowest BCUT2D eigenvalue weighted by Gasteiger charge is -2.45. The molecule has 4 aromatic rings. The molecular weight excluding hydrogens is 685 g/mol. The van der Waals surface area contributed by atoms with E-state index in [0.717, 1.165) is 50.0 Å². The van der Waals surface area contributed by atoms with Gasteiger partial charge in [-0.05, 0) is 91.2 Å². The maximum Gasteiger partial charge on any atom is 0.349 e. The second-order valence-corrected chi connectivity index (χ2v) is 14.6. The Hall–Kier alpha value is -3.83. The van der Waals surface area contributed by atoms with Crippen molar-refractivity contribution in [2.45, 2.75) is 49.9 Å². The van der Waals surface area contributed by atoms with E-state index in [0.29, 0.717) is 54.9 Å². The first-order chi connectivity index (χ1) is 23.8. The van der Waals surface area contributed by atoms with Gasteiger partial charge < -0.3 is 24.3 Å². The van der Waals surface area contributed by atoms with Crippen molar-refractivity contribution in [2.24, 2.45) is 5.92 Å². The summed E-state index contributed by atoms with van der Waals surface area (Å²) >= 11 is 14.2. The van der Waals surface area contributed by atoms with Crippen LogP contribution in [0.3, 0.4) is 0 Å². The number of nitrogens with zero attached hydrogens (tertiary/aromatic N) is 2. The Bertz CT molecular complexity index is 1840. The first-order valence-electron chi connectivity index (χ1n) is 16.4. The minimum atomic E-state index is -1.06. The van der Waals surface area contributed by atoms with E-state index in [9.17, 15) is 9.59 Å². The number of ether oxygens (including phenoxy) is 4. The SMILES string of the molecule is COc1ccc([C@H](Cc2c(Cl)cncc2Cl)OC(=O)c2ccc(NC3(C(=O)O[C@H]4CN5CCC4CC5)CCc4ccccc43)s2)cc1OC. The van der Waals surface area contributed by atoms with Crippen LogP contribution in [0.25, 0.3) is 0 Å². The molecule has 4 aliphatic rings. The third-order valence-electron chi connectivity index (χ3n) is 9.96. The number of piperidine rings is 3. The van der Waals surface area contributed by atoms with Crippen LogP contribution >= 0.6 is 34.5 Å². The quantitative estimate of drug-likeness (QED) is 0.158. The van der Waals surface area contributed by atoms with Gasteiger partial charge in [0.2, 0.25) is 0 Å². The number of hydrogen-bond acceptors (Lipinski definition) is 10. The molecule has 2 aromatic heterocycles. The number of fused-ring (bicyclic) bond motifs is 4. The third-order valence-corrected chi connectivity index (χ3v) is 11.6. The van der Waals surface area contributed by atoms with Crippen LogP contribution in [0.2, 0.25) is 10.0 Å². The maximum atomic E-state index is 14.2. The van der Waals surface area contributed by atoms with E-state index >= 15 is 0 Å². The minimum Gasteiger partial charge on any atom is -0.493 e. The molecule has 3 atom stereocenters. The number of esters is 2. The lowest BCUT2D eigenvalue weighted by atomic mass is 9.85. The van der Waals surface area contributed by atoms with Gasteiger partial charge in [-0.15, -0.1) is 11.3 Å². The predicted octanol–water partition coefficient (Wildman–Crippen LogP) is 7.50. The highest BCUT2D eigenvalue weighted by atomic mass is 35.5. The highest BCUT2D eigenvalue weighted by molar-refractivity contribution is 7.17. The lowest BCUT2D eigenvalue weighted by Crippen LogP contribution is -2.54. The van der Waals surface area contributed by atoms with Gasteiger partial charge in [0.25, 0.3) is 0 Å². The zero-order valence-electron chi connectivity index (χ0n) is 27.2. The highest BCUT2D eigenvalue weighted by Gasteiger charge is 2.49. The van der Waals surface area contributed by atoms with E-state index in [1.54, 1.807) is 32.4 Å². The zero-order chi connectivity index (χ0) is 34.1. The van der Waals surface area contributed by atoms with Crippen molar-refractivity contribution in [2.75, 3.05) is 39.2 Å². The second kappa shape index (κ2) is 14.2. The summed E-state index contributed by atoms with van der Waals surface area (Å²) < 4.78 is 23.4. The number of hydrogen-bond donors (Lipinski definition) is 1. The number of thiophene rings is 1. The number of nitrogens with one attached hydrogen (secondary N) is 1. The summed E-state index contributed by atoms with van der Waals surface area (Å²) in [5, 5.41) is 4.93. The average Bonchev–Trinajstić information content (AvgIpc) is 3.75. The van der Waals surface area contributed by atoms with Gasteiger partial charge in [0.15, 0.2) is 17.0 Å². The molecule has 3 saturated heterocycles. The number of methoxy groups -OCH3 is 2. The molecule has 3 fully saturated rings. The average molecular weight is 723 g/mol. The van der Waals surface area contributed by atoms with Crippen LogP contribution < -0.4 is 14.8 Å². The Balaban J connectivity index is 1.14. The number of anilines is 1. The topological polar surface area (TPSA) is 99.2 Å². The molecule has 49 heavy (non-hydrogen) atoms. The smallest absolute Gasteiger partial charge is 0.349 e. The van der Waals surface area contributed by atoms with Crippen molar-refractivity contribution in [1.82, 2.24) is 9.88 Å². The van der Waals surface area contributed by atoms with Crippen molar-refractivity contribution in [3.8, 4) is 11.5 Å². The van der Waals surface area contributed by atoms with Crippen LogP contribution in [-0.2, 0) is 32.6 Å². The number of carbonyl (C=O) groups excluding carboxylic acids is 2. The monoisotopic (exact) mass is 721 g/mol. The van der Waals surface area contributed by atoms with Crippen molar-refractivity contribution in [3.05, 3.63) is 104 Å². The molecular formula is C37H37Cl2N3O6S. The molecule has 8 rings (SSSR count). The van der Waals surface area contributed by atoms with Gasteiger partial charge in [-0.1, -0.05) is 53.5 Å². The molecule has 256 valence electrons. The molecule has 2 aromatic carbocycles. The third kappa shape index (κ3) is 6.71. The van der Waals surface area contributed by atoms with Crippen LogP contribution in [0, 0.1) is 5.92 Å². The molecule has 3 aliphatic heterocycles. The van der Waals surface area contributed by atoms with Crippen LogP contribution in [0.4, 0.5) is 5.00 Å². The van der Waals surface area contributed by atoms with Crippen molar-refractivity contribution >= 4 is 51.5 Å². The molecule has 0 amide bonds. The predicted molar refractivity (Wildman–Crippen MR) is 189 cm³/mol. The number of aromatic nitrogens is 1. The van der Waals surface area contributed by atoms with Gasteiger partial charge in [-0.2, -0.15) is 0 Å². The Labute approximate surface area is 299 Å². The van der Waals surface area contributed by atoms with Gasteiger partial charge in [0.05, 0.1) is 29.3 Å². The first-order valence-corrected chi connectivity index (χ1v) is 18.0. The van der Waals surface area contributed by atoms with Gasteiger partial charge in [0, 0.05) is 25.4 Å². The molecule has 5 heterocycles. The van der Waals surface area contributed by atoms with Gasteiger partial charge in [-0.3, -0.25) is 9.88 Å². The molecule has 2 bridgehead atoms. The van der Waals surface area contributed by atoms with Crippen molar-refractivity contribution < 1.29 is 28.5 Å². The molecule has 0 spiro atoms. The number of rotatable bonds is 11. The summed E-state index contributed by atoms with van der Waals surface area (Å²) in [7, 11) is 3.10. The Morgan fingerprint density at radius 2 is 1.78 bits per heavy atom. The van der Waals surface area contributed by atoms with Gasteiger partial charge >= 0.3 is 11.9 Å². The number of halogens is 2. The zero-order valence-corrected chi connectivity index (χ0v) is 29.6. The van der Waals surface area contributed by atoms with Crippen LogP contribution in [-0.4, -0.2) is 61.8 Å². The summed E-state index contributed by atoms with van der Waals surface area (Å²) in [6.07, 6.45) is 5.72. The Kier molecular flexibility index (Phi) is 9.75. The van der Waals surface area contributed by atoms with Crippen LogP contribution in [0.1, 0.15) is 57.3 Å². The summed E-state index contributed by atoms with van der Waals surface area (Å²) in [4.78, 5) is 34.8. The maximum absolute atomic E-state index is 14.2. The molecule has 1 aliphatic carbocycles. The standard InChI is InChI=1S/C37H37Cl2N3O6S/c1-45-29-8-7-24(17-31(29)46-2)30(18-25-27(38)19-40-20-28(25)39)47-35(43)33-9-10-34(49-33)41-37(14-11-22-5-3-4-6-26(22)37)36(44)48-32-21-42-15-12-23(32)13-16-42/h3-10,17,19-20,23,30,32,41H,11-16,18,21H2,1-2H3/t30-,32-,37?/m0/s1. The van der Waals surface area contributed by atoms with Crippen LogP contribution in [0.5, 0.6) is 11.5 Å². The second-order valence-electron chi connectivity index (χ2n) is 12.7. The molecule has 0 saturated carbocycles. The number of carbonyl (C=O) groups is 2. The van der Waals surface area contributed by atoms with Crippen LogP contribution in [0.15, 0.2) is 67.0 Å². The largest absolute Gasteiger partial charge is 0.493 e. The van der Waals surface area contributed by atoms with E-state index in [1.807, 2.05) is 30.3 Å². The molecule has 9 nitrogen and oxygen atoms in total. The highest BCUT2D eigenvalue weighted by Crippen LogP contribution is 2.44.